The molecule has 0 atom stereocenters. The minimum absolute atomic E-state index is 0.0396. The molecule has 0 N–H and O–H groups in total. The van der Waals surface area contributed by atoms with Crippen LogP contribution < -0.4 is 9.47 Å². The molecular weight excluding hydrogens is 344 g/mol. The number of nitrogens with zero attached hydrogens (tertiary/aromatic N) is 2. The number of carbonyl (C=O) groups is 2. The van der Waals surface area contributed by atoms with Crippen molar-refractivity contribution in [2.24, 2.45) is 0 Å². The van der Waals surface area contributed by atoms with E-state index in [1.807, 2.05) is 47.4 Å². The van der Waals surface area contributed by atoms with E-state index in [0.717, 1.165) is 12.0 Å². The Morgan fingerprint density at radius 3 is 2.33 bits per heavy atom. The second-order valence-electron chi connectivity index (χ2n) is 6.39. The molecule has 1 fully saturated rings. The maximum Gasteiger partial charge on any atom is 0.415 e. The van der Waals surface area contributed by atoms with E-state index in [1.54, 1.807) is 24.1 Å². The fourth-order valence-electron chi connectivity index (χ4n) is 3.13. The van der Waals surface area contributed by atoms with Gasteiger partial charge in [-0.2, -0.15) is 0 Å². The number of ether oxygens (including phenoxy) is 2. The third-order valence-corrected chi connectivity index (χ3v) is 4.59. The second-order valence-corrected chi connectivity index (χ2v) is 6.39. The highest BCUT2D eigenvalue weighted by Gasteiger charge is 2.23. The average molecular weight is 368 g/mol. The molecule has 1 saturated heterocycles. The molecule has 6 heteroatoms. The van der Waals surface area contributed by atoms with E-state index < -0.39 is 0 Å². The standard InChI is InChI=1S/C21H24N2O4/c1-26-19-11-6-5-8-17(19)16-20(24)22-12-7-13-23(15-14-22)21(25)27-18-9-3-2-4-10-18/h2-6,8-11H,7,12-16H2,1H3. The van der Waals surface area contributed by atoms with Gasteiger partial charge in [-0.25, -0.2) is 4.79 Å². The number of para-hydroxylation sites is 2. The van der Waals surface area contributed by atoms with Crippen LogP contribution in [0.15, 0.2) is 54.6 Å². The van der Waals surface area contributed by atoms with Crippen molar-refractivity contribution in [2.45, 2.75) is 12.8 Å². The molecule has 3 rings (SSSR count). The summed E-state index contributed by atoms with van der Waals surface area (Å²) >= 11 is 0. The van der Waals surface area contributed by atoms with E-state index in [-0.39, 0.29) is 12.0 Å². The summed E-state index contributed by atoms with van der Waals surface area (Å²) in [5, 5.41) is 0. The van der Waals surface area contributed by atoms with Crippen molar-refractivity contribution in [2.75, 3.05) is 33.3 Å². The Balaban J connectivity index is 1.56. The number of carbonyl (C=O) groups excluding carboxylic acids is 2. The van der Waals surface area contributed by atoms with Crippen molar-refractivity contribution in [1.29, 1.82) is 0 Å². The van der Waals surface area contributed by atoms with Crippen LogP contribution in [0.5, 0.6) is 11.5 Å². The number of methoxy groups -OCH3 is 1. The summed E-state index contributed by atoms with van der Waals surface area (Å²) in [5.74, 6) is 1.28. The molecule has 6 nitrogen and oxygen atoms in total. The number of rotatable bonds is 4. The molecular formula is C21H24N2O4. The summed E-state index contributed by atoms with van der Waals surface area (Å²) in [7, 11) is 1.60. The third-order valence-electron chi connectivity index (χ3n) is 4.59. The summed E-state index contributed by atoms with van der Waals surface area (Å²) < 4.78 is 10.7. The van der Waals surface area contributed by atoms with Gasteiger partial charge in [0, 0.05) is 31.7 Å². The van der Waals surface area contributed by atoms with Crippen molar-refractivity contribution in [3.05, 3.63) is 60.2 Å². The van der Waals surface area contributed by atoms with E-state index in [1.165, 1.54) is 0 Å². The molecule has 142 valence electrons. The van der Waals surface area contributed by atoms with Crippen LogP contribution in [-0.2, 0) is 11.2 Å². The number of hydrogen-bond donors (Lipinski definition) is 0. The van der Waals surface area contributed by atoms with Crippen LogP contribution in [0.25, 0.3) is 0 Å². The largest absolute Gasteiger partial charge is 0.496 e. The normalized spacial score (nSPS) is 14.4. The summed E-state index contributed by atoms with van der Waals surface area (Å²) in [6.45, 7) is 2.16. The molecule has 27 heavy (non-hydrogen) atoms. The monoisotopic (exact) mass is 368 g/mol. The lowest BCUT2D eigenvalue weighted by Gasteiger charge is -2.22. The number of hydrogen-bond acceptors (Lipinski definition) is 4. The zero-order valence-electron chi connectivity index (χ0n) is 15.5. The smallest absolute Gasteiger partial charge is 0.415 e. The van der Waals surface area contributed by atoms with Crippen LogP contribution in [0.1, 0.15) is 12.0 Å². The maximum atomic E-state index is 12.7. The van der Waals surface area contributed by atoms with E-state index in [0.29, 0.717) is 44.1 Å². The van der Waals surface area contributed by atoms with Crippen LogP contribution in [0.4, 0.5) is 4.79 Å². The lowest BCUT2D eigenvalue weighted by Crippen LogP contribution is -2.39. The van der Waals surface area contributed by atoms with Gasteiger partial charge in [0.1, 0.15) is 11.5 Å². The molecule has 0 saturated carbocycles. The molecule has 0 radical (unpaired) electrons. The molecule has 1 aliphatic heterocycles. The van der Waals surface area contributed by atoms with Crippen LogP contribution in [0, 0.1) is 0 Å². The van der Waals surface area contributed by atoms with E-state index in [2.05, 4.69) is 0 Å². The van der Waals surface area contributed by atoms with Crippen molar-refractivity contribution in [1.82, 2.24) is 9.80 Å². The third kappa shape index (κ3) is 5.00. The average Bonchev–Trinajstić information content (AvgIpc) is 2.95. The lowest BCUT2D eigenvalue weighted by atomic mass is 10.1. The minimum Gasteiger partial charge on any atom is -0.496 e. The predicted molar refractivity (Wildman–Crippen MR) is 102 cm³/mol. The van der Waals surface area contributed by atoms with Crippen molar-refractivity contribution < 1.29 is 19.1 Å². The molecule has 0 bridgehead atoms. The van der Waals surface area contributed by atoms with Gasteiger partial charge in [0.2, 0.25) is 5.91 Å². The van der Waals surface area contributed by atoms with Gasteiger partial charge < -0.3 is 19.3 Å². The quantitative estimate of drug-likeness (QED) is 0.833. The van der Waals surface area contributed by atoms with Crippen LogP contribution in [0.3, 0.4) is 0 Å². The number of benzene rings is 2. The van der Waals surface area contributed by atoms with Gasteiger partial charge >= 0.3 is 6.09 Å². The van der Waals surface area contributed by atoms with E-state index >= 15 is 0 Å². The second kappa shape index (κ2) is 9.07. The summed E-state index contributed by atoms with van der Waals surface area (Å²) in [6, 6.07) is 16.5. The summed E-state index contributed by atoms with van der Waals surface area (Å²) in [5.41, 5.74) is 0.870. The first-order valence-electron chi connectivity index (χ1n) is 9.09. The SMILES string of the molecule is COc1ccccc1CC(=O)N1CCCN(C(=O)Oc2ccccc2)CC1. The van der Waals surface area contributed by atoms with Gasteiger partial charge in [0.05, 0.1) is 13.5 Å². The predicted octanol–water partition coefficient (Wildman–Crippen LogP) is 2.97. The molecule has 2 aromatic carbocycles. The molecule has 0 aromatic heterocycles. The van der Waals surface area contributed by atoms with Crippen molar-refractivity contribution in [3.8, 4) is 11.5 Å². The van der Waals surface area contributed by atoms with Crippen LogP contribution >= 0.6 is 0 Å². The van der Waals surface area contributed by atoms with Crippen molar-refractivity contribution in [3.63, 3.8) is 0 Å². The van der Waals surface area contributed by atoms with E-state index in [9.17, 15) is 9.59 Å². The minimum atomic E-state index is -0.375. The van der Waals surface area contributed by atoms with Gasteiger partial charge in [-0.15, -0.1) is 0 Å². The highest BCUT2D eigenvalue weighted by Crippen LogP contribution is 2.19. The Bertz CT molecular complexity index is 779. The topological polar surface area (TPSA) is 59.1 Å². The molecule has 1 aliphatic rings. The van der Waals surface area contributed by atoms with Gasteiger partial charge in [0.25, 0.3) is 0 Å². The lowest BCUT2D eigenvalue weighted by molar-refractivity contribution is -0.130. The fourth-order valence-corrected chi connectivity index (χ4v) is 3.13. The first kappa shape index (κ1) is 18.8. The van der Waals surface area contributed by atoms with Crippen LogP contribution in [0.2, 0.25) is 0 Å². The highest BCUT2D eigenvalue weighted by atomic mass is 16.6. The summed E-state index contributed by atoms with van der Waals surface area (Å²) in [6.07, 6.45) is 0.639. The number of amides is 2. The highest BCUT2D eigenvalue weighted by molar-refractivity contribution is 5.79. The molecule has 2 amide bonds. The van der Waals surface area contributed by atoms with Gasteiger partial charge in [0.15, 0.2) is 0 Å². The zero-order chi connectivity index (χ0) is 19.1. The molecule has 1 heterocycles. The molecule has 0 spiro atoms. The molecule has 0 aliphatic carbocycles. The Hall–Kier alpha value is -3.02. The maximum absolute atomic E-state index is 12.7. The first-order chi connectivity index (χ1) is 13.2. The molecule has 0 unspecified atom stereocenters. The Labute approximate surface area is 159 Å². The van der Waals surface area contributed by atoms with Crippen LogP contribution in [-0.4, -0.2) is 55.1 Å². The molecule has 2 aromatic rings. The first-order valence-corrected chi connectivity index (χ1v) is 9.09. The Kier molecular flexibility index (Phi) is 6.30. The van der Waals surface area contributed by atoms with E-state index in [4.69, 9.17) is 9.47 Å². The van der Waals surface area contributed by atoms with Crippen molar-refractivity contribution >= 4 is 12.0 Å². The van der Waals surface area contributed by atoms with Gasteiger partial charge in [-0.05, 0) is 24.6 Å². The zero-order valence-corrected chi connectivity index (χ0v) is 15.5. The Morgan fingerprint density at radius 2 is 1.56 bits per heavy atom. The van der Waals surface area contributed by atoms with Gasteiger partial charge in [-0.3, -0.25) is 4.79 Å². The summed E-state index contributed by atoms with van der Waals surface area (Å²) in [4.78, 5) is 28.5. The fraction of sp³-hybridized carbons (Fsp3) is 0.333. The van der Waals surface area contributed by atoms with Gasteiger partial charge in [-0.1, -0.05) is 36.4 Å². The Morgan fingerprint density at radius 1 is 0.889 bits per heavy atom.